The summed E-state index contributed by atoms with van der Waals surface area (Å²) in [5.74, 6) is -4.08. The molecule has 2 rings (SSSR count). The van der Waals surface area contributed by atoms with Crippen LogP contribution in [-0.2, 0) is 10.0 Å². The number of carboxylic acids is 1. The van der Waals surface area contributed by atoms with Crippen LogP contribution < -0.4 is 4.72 Å². The molecule has 0 amide bonds. The summed E-state index contributed by atoms with van der Waals surface area (Å²) in [5.41, 5.74) is -0.523. The molecule has 1 aromatic heterocycles. The molecule has 2 aromatic rings. The zero-order valence-corrected chi connectivity index (χ0v) is 12.3. The minimum Gasteiger partial charge on any atom is -0.475 e. The van der Waals surface area contributed by atoms with Crippen molar-refractivity contribution in [1.82, 2.24) is 0 Å². The van der Waals surface area contributed by atoms with E-state index in [9.17, 15) is 22.0 Å². The van der Waals surface area contributed by atoms with Gasteiger partial charge in [-0.2, -0.15) is 8.42 Å². The number of hydrogen-bond donors (Lipinski definition) is 2. The zero-order valence-electron chi connectivity index (χ0n) is 9.93. The van der Waals surface area contributed by atoms with Crippen LogP contribution in [0.5, 0.6) is 0 Å². The Morgan fingerprint density at radius 3 is 2.48 bits per heavy atom. The van der Waals surface area contributed by atoms with Crippen LogP contribution in [0.4, 0.5) is 14.5 Å². The third-order valence-corrected chi connectivity index (χ3v) is 4.15. The van der Waals surface area contributed by atoms with Crippen molar-refractivity contribution in [2.45, 2.75) is 5.09 Å². The highest BCUT2D eigenvalue weighted by atomic mass is 79.9. The molecule has 0 fully saturated rings. The number of sulfonamides is 1. The number of carboxylic acid groups (broad SMARTS) is 1. The fourth-order valence-corrected chi connectivity index (χ4v) is 3.07. The van der Waals surface area contributed by atoms with Crippen LogP contribution in [0.1, 0.15) is 10.6 Å². The molecular formula is C11H6BrF2NO5S. The molecule has 1 heterocycles. The maximum Gasteiger partial charge on any atom is 0.371 e. The molecule has 2 N–H and O–H groups in total. The fraction of sp³-hybridized carbons (Fsp3) is 0. The molecule has 21 heavy (non-hydrogen) atoms. The first-order valence-corrected chi connectivity index (χ1v) is 7.49. The van der Waals surface area contributed by atoms with Gasteiger partial charge in [-0.15, -0.1) is 0 Å². The minimum atomic E-state index is -4.36. The van der Waals surface area contributed by atoms with Crippen molar-refractivity contribution < 1.29 is 31.5 Å². The number of halogens is 3. The van der Waals surface area contributed by atoms with Gasteiger partial charge in [-0.1, -0.05) is 0 Å². The van der Waals surface area contributed by atoms with E-state index < -0.39 is 44.2 Å². The van der Waals surface area contributed by atoms with E-state index in [1.165, 1.54) is 0 Å². The molecule has 0 spiro atoms. The molecule has 1 aromatic carbocycles. The second-order valence-corrected chi connectivity index (χ2v) is 6.24. The second kappa shape index (κ2) is 5.45. The number of benzene rings is 1. The van der Waals surface area contributed by atoms with E-state index in [0.717, 1.165) is 18.2 Å². The summed E-state index contributed by atoms with van der Waals surface area (Å²) in [6.45, 7) is 0. The summed E-state index contributed by atoms with van der Waals surface area (Å²) >= 11 is 2.82. The first kappa shape index (κ1) is 15.4. The van der Waals surface area contributed by atoms with Crippen molar-refractivity contribution in [3.8, 4) is 0 Å². The molecule has 0 aliphatic heterocycles. The molecule has 0 atom stereocenters. The Bertz CT molecular complexity index is 795. The van der Waals surface area contributed by atoms with Crippen molar-refractivity contribution in [3.63, 3.8) is 0 Å². The van der Waals surface area contributed by atoms with Crippen LogP contribution >= 0.6 is 15.9 Å². The monoisotopic (exact) mass is 381 g/mol. The standard InChI is InChI=1S/C11H6BrF2NO5S/c12-6-3-5(13)4-7(14)10(6)15-21(18,19)9-2-1-8(20-9)11(16)17/h1-4,15H,(H,16,17). The van der Waals surface area contributed by atoms with Gasteiger partial charge in [0.2, 0.25) is 10.9 Å². The Balaban J connectivity index is 2.40. The average molecular weight is 382 g/mol. The fourth-order valence-electron chi connectivity index (χ4n) is 1.40. The van der Waals surface area contributed by atoms with Crippen LogP contribution in [-0.4, -0.2) is 19.5 Å². The van der Waals surface area contributed by atoms with Crippen molar-refractivity contribution in [3.05, 3.63) is 46.1 Å². The van der Waals surface area contributed by atoms with Gasteiger partial charge in [0.05, 0.1) is 5.69 Å². The molecule has 0 saturated heterocycles. The number of furan rings is 1. The van der Waals surface area contributed by atoms with Crippen molar-refractivity contribution in [2.75, 3.05) is 4.72 Å². The number of anilines is 1. The van der Waals surface area contributed by atoms with Gasteiger partial charge in [-0.25, -0.2) is 13.6 Å². The highest BCUT2D eigenvalue weighted by molar-refractivity contribution is 9.10. The van der Waals surface area contributed by atoms with Crippen molar-refractivity contribution >= 4 is 37.6 Å². The molecule has 0 aliphatic carbocycles. The zero-order chi connectivity index (χ0) is 15.8. The molecule has 0 bridgehead atoms. The summed E-state index contributed by atoms with van der Waals surface area (Å²) < 4.78 is 56.7. The minimum absolute atomic E-state index is 0.159. The van der Waals surface area contributed by atoms with E-state index in [2.05, 4.69) is 20.3 Å². The number of nitrogens with one attached hydrogen (secondary N) is 1. The summed E-state index contributed by atoms with van der Waals surface area (Å²) in [4.78, 5) is 10.6. The van der Waals surface area contributed by atoms with Crippen molar-refractivity contribution in [2.24, 2.45) is 0 Å². The smallest absolute Gasteiger partial charge is 0.371 e. The first-order valence-electron chi connectivity index (χ1n) is 5.21. The second-order valence-electron chi connectivity index (χ2n) is 3.77. The molecule has 0 unspecified atom stereocenters. The van der Waals surface area contributed by atoms with Crippen LogP contribution in [0.25, 0.3) is 0 Å². The van der Waals surface area contributed by atoms with Gasteiger partial charge in [0.1, 0.15) is 5.82 Å². The maximum atomic E-state index is 13.6. The van der Waals surface area contributed by atoms with Crippen LogP contribution in [0, 0.1) is 11.6 Å². The van der Waals surface area contributed by atoms with Gasteiger partial charge in [-0.05, 0) is 34.1 Å². The van der Waals surface area contributed by atoms with Gasteiger partial charge in [0.15, 0.2) is 5.82 Å². The number of carbonyl (C=O) groups is 1. The van der Waals surface area contributed by atoms with Crippen LogP contribution in [0.15, 0.2) is 38.2 Å². The lowest BCUT2D eigenvalue weighted by Gasteiger charge is -2.09. The van der Waals surface area contributed by atoms with Gasteiger partial charge >= 0.3 is 5.97 Å². The largest absolute Gasteiger partial charge is 0.475 e. The van der Waals surface area contributed by atoms with Gasteiger partial charge in [0, 0.05) is 10.5 Å². The normalized spacial score (nSPS) is 11.4. The highest BCUT2D eigenvalue weighted by Crippen LogP contribution is 2.29. The Labute approximate surface area is 125 Å². The lowest BCUT2D eigenvalue weighted by atomic mass is 10.3. The first-order chi connectivity index (χ1) is 9.70. The Hall–Kier alpha value is -1.94. The summed E-state index contributed by atoms with van der Waals surface area (Å²) in [6, 6.07) is 3.20. The third kappa shape index (κ3) is 3.22. The summed E-state index contributed by atoms with van der Waals surface area (Å²) in [7, 11) is -4.36. The molecule has 0 saturated carbocycles. The Morgan fingerprint density at radius 1 is 1.29 bits per heavy atom. The van der Waals surface area contributed by atoms with Gasteiger partial charge in [-0.3, -0.25) is 4.72 Å². The van der Waals surface area contributed by atoms with Crippen LogP contribution in [0.3, 0.4) is 0 Å². The Kier molecular flexibility index (Phi) is 4.01. The van der Waals surface area contributed by atoms with E-state index in [0.29, 0.717) is 6.07 Å². The molecule has 0 aliphatic rings. The predicted molar refractivity (Wildman–Crippen MR) is 70.5 cm³/mol. The van der Waals surface area contributed by atoms with E-state index in [-0.39, 0.29) is 4.47 Å². The predicted octanol–water partition coefficient (Wildman–Crippen LogP) is 2.82. The van der Waals surface area contributed by atoms with E-state index in [1.54, 1.807) is 0 Å². The molecule has 0 radical (unpaired) electrons. The SMILES string of the molecule is O=C(O)c1ccc(S(=O)(=O)Nc2c(F)cc(F)cc2Br)o1. The summed E-state index contributed by atoms with van der Waals surface area (Å²) in [5, 5.41) is 7.94. The van der Waals surface area contributed by atoms with E-state index in [4.69, 9.17) is 5.11 Å². The summed E-state index contributed by atoms with van der Waals surface area (Å²) in [6.07, 6.45) is 0. The maximum absolute atomic E-state index is 13.6. The number of rotatable bonds is 4. The van der Waals surface area contributed by atoms with Gasteiger partial charge < -0.3 is 9.52 Å². The number of aromatic carboxylic acids is 1. The Morgan fingerprint density at radius 2 is 1.95 bits per heavy atom. The lowest BCUT2D eigenvalue weighted by Crippen LogP contribution is -2.14. The van der Waals surface area contributed by atoms with Crippen molar-refractivity contribution in [1.29, 1.82) is 0 Å². The average Bonchev–Trinajstić information content (AvgIpc) is 2.84. The molecule has 112 valence electrons. The third-order valence-electron chi connectivity index (χ3n) is 2.30. The van der Waals surface area contributed by atoms with E-state index in [1.807, 2.05) is 4.72 Å². The molecule has 10 heteroatoms. The topological polar surface area (TPSA) is 96.6 Å². The highest BCUT2D eigenvalue weighted by Gasteiger charge is 2.23. The van der Waals surface area contributed by atoms with E-state index >= 15 is 0 Å². The van der Waals surface area contributed by atoms with Crippen LogP contribution in [0.2, 0.25) is 0 Å². The lowest BCUT2D eigenvalue weighted by molar-refractivity contribution is 0.0656. The number of hydrogen-bond acceptors (Lipinski definition) is 4. The quantitative estimate of drug-likeness (QED) is 0.848. The van der Waals surface area contributed by atoms with Gasteiger partial charge in [0.25, 0.3) is 10.0 Å². The molecular weight excluding hydrogens is 376 g/mol. The molecule has 6 nitrogen and oxygen atoms in total.